The van der Waals surface area contributed by atoms with E-state index in [1.165, 1.54) is 6.08 Å². The van der Waals surface area contributed by atoms with E-state index in [9.17, 15) is 4.79 Å². The summed E-state index contributed by atoms with van der Waals surface area (Å²) in [4.78, 5) is 10.6. The first-order valence-corrected chi connectivity index (χ1v) is 7.00. The van der Waals surface area contributed by atoms with Crippen molar-refractivity contribution in [2.45, 2.75) is 6.92 Å². The molecule has 0 aliphatic heterocycles. The summed E-state index contributed by atoms with van der Waals surface area (Å²) in [5, 5.41) is 8.73. The van der Waals surface area contributed by atoms with Gasteiger partial charge >= 0.3 is 5.97 Å². The van der Waals surface area contributed by atoms with Crippen LogP contribution >= 0.6 is 0 Å². The summed E-state index contributed by atoms with van der Waals surface area (Å²) in [7, 11) is 1.60. The molecule has 5 heteroatoms. The van der Waals surface area contributed by atoms with Gasteiger partial charge in [0.1, 0.15) is 17.2 Å². The summed E-state index contributed by atoms with van der Waals surface area (Å²) >= 11 is 0. The van der Waals surface area contributed by atoms with Crippen LogP contribution < -0.4 is 14.2 Å². The molecule has 0 unspecified atom stereocenters. The van der Waals surface area contributed by atoms with Gasteiger partial charge in [-0.15, -0.1) is 0 Å². The van der Waals surface area contributed by atoms with Gasteiger partial charge in [-0.3, -0.25) is 0 Å². The lowest BCUT2D eigenvalue weighted by Gasteiger charge is -2.11. The van der Waals surface area contributed by atoms with Crippen LogP contribution in [0, 0.1) is 6.92 Å². The third kappa shape index (κ3) is 5.07. The fourth-order valence-electron chi connectivity index (χ4n) is 1.90. The van der Waals surface area contributed by atoms with Gasteiger partial charge in [-0.2, -0.15) is 0 Å². The van der Waals surface area contributed by atoms with Crippen LogP contribution in [0.25, 0.3) is 6.08 Å². The average molecular weight is 314 g/mol. The van der Waals surface area contributed by atoms with E-state index in [0.717, 1.165) is 17.4 Å². The van der Waals surface area contributed by atoms with E-state index >= 15 is 0 Å². The van der Waals surface area contributed by atoms with E-state index in [4.69, 9.17) is 19.3 Å². The van der Waals surface area contributed by atoms with E-state index in [1.54, 1.807) is 37.4 Å². The van der Waals surface area contributed by atoms with E-state index in [2.05, 4.69) is 0 Å². The number of hydrogen-bond donors (Lipinski definition) is 1. The van der Waals surface area contributed by atoms with Gasteiger partial charge in [-0.05, 0) is 48.9 Å². The maximum absolute atomic E-state index is 10.6. The number of carboxylic acids is 1. The normalized spacial score (nSPS) is 10.5. The molecule has 0 spiro atoms. The molecule has 120 valence electrons. The standard InChI is InChI=1S/C18H18O5/c1-13-3-4-14(5-10-18(19)20)17(11-13)23-12-22-16-8-6-15(21-2)7-9-16/h3-11H,12H2,1-2H3,(H,19,20)/b10-5+. The molecule has 0 bridgehead atoms. The Kier molecular flexibility index (Phi) is 5.63. The Morgan fingerprint density at radius 1 is 1.09 bits per heavy atom. The number of methoxy groups -OCH3 is 1. The topological polar surface area (TPSA) is 65.0 Å². The van der Waals surface area contributed by atoms with Crippen LogP contribution in [-0.2, 0) is 4.79 Å². The Labute approximate surface area is 134 Å². The van der Waals surface area contributed by atoms with Crippen molar-refractivity contribution in [3.63, 3.8) is 0 Å². The van der Waals surface area contributed by atoms with E-state index in [0.29, 0.717) is 17.1 Å². The van der Waals surface area contributed by atoms with Crippen molar-refractivity contribution in [2.75, 3.05) is 13.9 Å². The number of carbonyl (C=O) groups is 1. The van der Waals surface area contributed by atoms with Gasteiger partial charge in [-0.25, -0.2) is 4.79 Å². The summed E-state index contributed by atoms with van der Waals surface area (Å²) in [5.41, 5.74) is 1.69. The van der Waals surface area contributed by atoms with Gasteiger partial charge in [-0.1, -0.05) is 12.1 Å². The predicted molar refractivity (Wildman–Crippen MR) is 87.0 cm³/mol. The zero-order valence-electron chi connectivity index (χ0n) is 13.0. The van der Waals surface area contributed by atoms with Gasteiger partial charge in [0.25, 0.3) is 0 Å². The van der Waals surface area contributed by atoms with Crippen LogP contribution in [0.1, 0.15) is 11.1 Å². The lowest BCUT2D eigenvalue weighted by molar-refractivity contribution is -0.131. The summed E-state index contributed by atoms with van der Waals surface area (Å²) in [6, 6.07) is 12.7. The molecule has 0 radical (unpaired) electrons. The first-order valence-electron chi connectivity index (χ1n) is 7.00. The third-order valence-electron chi connectivity index (χ3n) is 3.07. The Balaban J connectivity index is 2.01. The molecular weight excluding hydrogens is 296 g/mol. The molecule has 0 heterocycles. The highest BCUT2D eigenvalue weighted by Crippen LogP contribution is 2.23. The first kappa shape index (κ1) is 16.4. The third-order valence-corrected chi connectivity index (χ3v) is 3.07. The van der Waals surface area contributed by atoms with Crippen molar-refractivity contribution in [2.24, 2.45) is 0 Å². The molecule has 0 amide bonds. The van der Waals surface area contributed by atoms with Crippen molar-refractivity contribution in [3.8, 4) is 17.2 Å². The molecule has 2 aromatic rings. The highest BCUT2D eigenvalue weighted by Gasteiger charge is 2.03. The number of benzene rings is 2. The van der Waals surface area contributed by atoms with E-state index in [1.807, 2.05) is 19.1 Å². The van der Waals surface area contributed by atoms with Gasteiger partial charge in [0.05, 0.1) is 7.11 Å². The second-order valence-electron chi connectivity index (χ2n) is 4.79. The Bertz CT molecular complexity index is 689. The number of aliphatic carboxylic acids is 1. The van der Waals surface area contributed by atoms with Crippen molar-refractivity contribution < 1.29 is 24.1 Å². The molecule has 23 heavy (non-hydrogen) atoms. The molecule has 0 saturated heterocycles. The molecule has 0 aliphatic rings. The molecule has 0 saturated carbocycles. The summed E-state index contributed by atoms with van der Waals surface area (Å²) in [5.74, 6) is 0.959. The maximum atomic E-state index is 10.6. The van der Waals surface area contributed by atoms with Crippen molar-refractivity contribution in [1.82, 2.24) is 0 Å². The van der Waals surface area contributed by atoms with Crippen molar-refractivity contribution in [1.29, 1.82) is 0 Å². The highest BCUT2D eigenvalue weighted by atomic mass is 16.7. The number of rotatable bonds is 7. The molecular formula is C18H18O5. The molecule has 5 nitrogen and oxygen atoms in total. The first-order chi connectivity index (χ1) is 11.1. The molecule has 0 atom stereocenters. The monoisotopic (exact) mass is 314 g/mol. The minimum atomic E-state index is -1.01. The minimum absolute atomic E-state index is 0.0176. The lowest BCUT2D eigenvalue weighted by Crippen LogP contribution is -2.06. The fraction of sp³-hybridized carbons (Fsp3) is 0.167. The number of carboxylic acid groups (broad SMARTS) is 1. The Morgan fingerprint density at radius 3 is 2.43 bits per heavy atom. The number of aryl methyl sites for hydroxylation is 1. The lowest BCUT2D eigenvalue weighted by atomic mass is 10.1. The Morgan fingerprint density at radius 2 is 1.78 bits per heavy atom. The Hall–Kier alpha value is -2.95. The van der Waals surface area contributed by atoms with Gasteiger partial charge < -0.3 is 19.3 Å². The van der Waals surface area contributed by atoms with Crippen LogP contribution in [0.5, 0.6) is 17.2 Å². The summed E-state index contributed by atoms with van der Waals surface area (Å²) in [6.45, 7) is 1.95. The van der Waals surface area contributed by atoms with Gasteiger partial charge in [0.2, 0.25) is 6.79 Å². The van der Waals surface area contributed by atoms with Crippen LogP contribution in [0.2, 0.25) is 0 Å². The zero-order chi connectivity index (χ0) is 16.7. The summed E-state index contributed by atoms with van der Waals surface area (Å²) < 4.78 is 16.2. The second kappa shape index (κ2) is 7.89. The molecule has 2 rings (SSSR count). The highest BCUT2D eigenvalue weighted by molar-refractivity contribution is 5.85. The van der Waals surface area contributed by atoms with Crippen LogP contribution in [0.4, 0.5) is 0 Å². The number of ether oxygens (including phenoxy) is 3. The van der Waals surface area contributed by atoms with Crippen LogP contribution in [-0.4, -0.2) is 25.0 Å². The van der Waals surface area contributed by atoms with Crippen LogP contribution in [0.15, 0.2) is 48.5 Å². The van der Waals surface area contributed by atoms with Crippen molar-refractivity contribution >= 4 is 12.0 Å². The predicted octanol–water partition coefficient (Wildman–Crippen LogP) is 3.52. The van der Waals surface area contributed by atoms with E-state index < -0.39 is 5.97 Å². The SMILES string of the molecule is COc1ccc(OCOc2cc(C)ccc2/C=C/C(=O)O)cc1. The number of hydrogen-bond acceptors (Lipinski definition) is 4. The maximum Gasteiger partial charge on any atom is 0.328 e. The largest absolute Gasteiger partial charge is 0.497 e. The van der Waals surface area contributed by atoms with Crippen molar-refractivity contribution in [3.05, 3.63) is 59.7 Å². The van der Waals surface area contributed by atoms with Crippen LogP contribution in [0.3, 0.4) is 0 Å². The zero-order valence-corrected chi connectivity index (χ0v) is 13.0. The molecule has 0 aromatic heterocycles. The molecule has 0 aliphatic carbocycles. The average Bonchev–Trinajstić information content (AvgIpc) is 2.54. The fourth-order valence-corrected chi connectivity index (χ4v) is 1.90. The van der Waals surface area contributed by atoms with Gasteiger partial charge in [0, 0.05) is 11.6 Å². The summed E-state index contributed by atoms with van der Waals surface area (Å²) in [6.07, 6.45) is 2.56. The second-order valence-corrected chi connectivity index (χ2v) is 4.79. The quantitative estimate of drug-likeness (QED) is 0.626. The molecule has 1 N–H and O–H groups in total. The van der Waals surface area contributed by atoms with E-state index in [-0.39, 0.29) is 6.79 Å². The molecule has 0 fully saturated rings. The molecule has 2 aromatic carbocycles. The minimum Gasteiger partial charge on any atom is -0.497 e. The smallest absolute Gasteiger partial charge is 0.328 e. The van der Waals surface area contributed by atoms with Gasteiger partial charge in [0.15, 0.2) is 0 Å².